The van der Waals surface area contributed by atoms with Crippen molar-refractivity contribution in [2.45, 2.75) is 39.5 Å². The van der Waals surface area contributed by atoms with E-state index in [-0.39, 0.29) is 0 Å². The summed E-state index contributed by atoms with van der Waals surface area (Å²) in [5, 5.41) is 17.4. The lowest BCUT2D eigenvalue weighted by Gasteiger charge is -2.13. The standard InChI is InChI=1S/C15H21N3O/c1-11(2)18-10-13(9-17-18)8-16-15-7-5-4-6-14(15)12(3)19/h4-7,9-12,16,19H,8H2,1-3H3. The minimum absolute atomic E-state index is 0.374. The molecule has 1 atom stereocenters. The molecule has 0 fully saturated rings. The van der Waals surface area contributed by atoms with E-state index < -0.39 is 6.10 Å². The van der Waals surface area contributed by atoms with Gasteiger partial charge < -0.3 is 10.4 Å². The number of hydrogen-bond acceptors (Lipinski definition) is 3. The zero-order valence-corrected chi connectivity index (χ0v) is 11.7. The molecule has 0 aliphatic carbocycles. The zero-order valence-electron chi connectivity index (χ0n) is 11.7. The third kappa shape index (κ3) is 3.35. The van der Waals surface area contributed by atoms with Gasteiger partial charge in [-0.15, -0.1) is 0 Å². The number of para-hydroxylation sites is 1. The highest BCUT2D eigenvalue weighted by Crippen LogP contribution is 2.22. The van der Waals surface area contributed by atoms with E-state index in [1.54, 1.807) is 6.92 Å². The van der Waals surface area contributed by atoms with E-state index in [1.807, 2.05) is 41.3 Å². The third-order valence-corrected chi connectivity index (χ3v) is 3.08. The Morgan fingerprint density at radius 3 is 2.63 bits per heavy atom. The van der Waals surface area contributed by atoms with Crippen LogP contribution in [0.25, 0.3) is 0 Å². The van der Waals surface area contributed by atoms with Gasteiger partial charge >= 0.3 is 0 Å². The van der Waals surface area contributed by atoms with Gasteiger partial charge in [0.25, 0.3) is 0 Å². The summed E-state index contributed by atoms with van der Waals surface area (Å²) < 4.78 is 1.94. The Kier molecular flexibility index (Phi) is 4.22. The Morgan fingerprint density at radius 1 is 1.26 bits per heavy atom. The van der Waals surface area contributed by atoms with Crippen LogP contribution in [0.2, 0.25) is 0 Å². The Balaban J connectivity index is 2.06. The van der Waals surface area contributed by atoms with Gasteiger partial charge in [-0.2, -0.15) is 5.10 Å². The number of aromatic nitrogens is 2. The number of anilines is 1. The van der Waals surface area contributed by atoms with Gasteiger partial charge in [0.15, 0.2) is 0 Å². The van der Waals surface area contributed by atoms with Crippen molar-refractivity contribution in [3.8, 4) is 0 Å². The maximum Gasteiger partial charge on any atom is 0.0781 e. The highest BCUT2D eigenvalue weighted by Gasteiger charge is 2.07. The van der Waals surface area contributed by atoms with Crippen molar-refractivity contribution in [1.29, 1.82) is 0 Å². The molecule has 0 amide bonds. The van der Waals surface area contributed by atoms with Gasteiger partial charge in [0, 0.05) is 35.6 Å². The van der Waals surface area contributed by atoms with Crippen LogP contribution in [-0.4, -0.2) is 14.9 Å². The molecule has 0 saturated carbocycles. The molecule has 1 aromatic carbocycles. The van der Waals surface area contributed by atoms with Gasteiger partial charge in [-0.25, -0.2) is 0 Å². The smallest absolute Gasteiger partial charge is 0.0781 e. The molecular formula is C15H21N3O. The topological polar surface area (TPSA) is 50.1 Å². The van der Waals surface area contributed by atoms with E-state index in [0.717, 1.165) is 16.8 Å². The van der Waals surface area contributed by atoms with Gasteiger partial charge in [-0.05, 0) is 26.8 Å². The van der Waals surface area contributed by atoms with Crippen LogP contribution in [0.4, 0.5) is 5.69 Å². The molecule has 2 aromatic rings. The van der Waals surface area contributed by atoms with Crippen LogP contribution in [0, 0.1) is 0 Å². The molecule has 2 N–H and O–H groups in total. The summed E-state index contributed by atoms with van der Waals surface area (Å²) in [5.41, 5.74) is 3.02. The molecule has 2 rings (SSSR count). The van der Waals surface area contributed by atoms with Crippen molar-refractivity contribution in [2.75, 3.05) is 5.32 Å². The summed E-state index contributed by atoms with van der Waals surface area (Å²) in [7, 11) is 0. The van der Waals surface area contributed by atoms with Gasteiger partial charge in [-0.3, -0.25) is 4.68 Å². The molecule has 0 saturated heterocycles. The van der Waals surface area contributed by atoms with Crippen molar-refractivity contribution in [3.63, 3.8) is 0 Å². The highest BCUT2D eigenvalue weighted by atomic mass is 16.3. The maximum atomic E-state index is 9.72. The number of rotatable bonds is 5. The predicted octanol–water partition coefficient (Wildman–Crippen LogP) is 3.13. The number of nitrogens with zero attached hydrogens (tertiary/aromatic N) is 2. The summed E-state index contributed by atoms with van der Waals surface area (Å²) in [4.78, 5) is 0. The number of benzene rings is 1. The van der Waals surface area contributed by atoms with Crippen LogP contribution in [0.1, 0.15) is 44.0 Å². The van der Waals surface area contributed by atoms with Crippen molar-refractivity contribution >= 4 is 5.69 Å². The SMILES string of the molecule is CC(O)c1ccccc1NCc1cnn(C(C)C)c1. The molecule has 4 nitrogen and oxygen atoms in total. The van der Waals surface area contributed by atoms with Crippen LogP contribution < -0.4 is 5.32 Å². The largest absolute Gasteiger partial charge is 0.389 e. The van der Waals surface area contributed by atoms with Crippen LogP contribution >= 0.6 is 0 Å². The van der Waals surface area contributed by atoms with E-state index >= 15 is 0 Å². The molecule has 0 aliphatic rings. The highest BCUT2D eigenvalue weighted by molar-refractivity contribution is 5.52. The zero-order chi connectivity index (χ0) is 13.8. The van der Waals surface area contributed by atoms with Crippen LogP contribution in [-0.2, 0) is 6.54 Å². The van der Waals surface area contributed by atoms with E-state index in [4.69, 9.17) is 0 Å². The maximum absolute atomic E-state index is 9.72. The summed E-state index contributed by atoms with van der Waals surface area (Å²) >= 11 is 0. The first kappa shape index (κ1) is 13.6. The monoisotopic (exact) mass is 259 g/mol. The fourth-order valence-electron chi connectivity index (χ4n) is 1.97. The van der Waals surface area contributed by atoms with Crippen LogP contribution in [0.15, 0.2) is 36.7 Å². The molecule has 0 spiro atoms. The Hall–Kier alpha value is -1.81. The molecule has 1 unspecified atom stereocenters. The van der Waals surface area contributed by atoms with Crippen molar-refractivity contribution in [1.82, 2.24) is 9.78 Å². The van der Waals surface area contributed by atoms with E-state index in [2.05, 4.69) is 24.3 Å². The fraction of sp³-hybridized carbons (Fsp3) is 0.400. The fourth-order valence-corrected chi connectivity index (χ4v) is 1.97. The second kappa shape index (κ2) is 5.89. The van der Waals surface area contributed by atoms with Gasteiger partial charge in [0.05, 0.1) is 12.3 Å². The Morgan fingerprint density at radius 2 is 2.00 bits per heavy atom. The minimum atomic E-state index is -0.470. The number of hydrogen-bond donors (Lipinski definition) is 2. The molecule has 0 bridgehead atoms. The predicted molar refractivity (Wildman–Crippen MR) is 77.0 cm³/mol. The first-order valence-corrected chi connectivity index (χ1v) is 6.62. The lowest BCUT2D eigenvalue weighted by atomic mass is 10.1. The number of aliphatic hydroxyl groups excluding tert-OH is 1. The second-order valence-corrected chi connectivity index (χ2v) is 5.04. The van der Waals surface area contributed by atoms with Gasteiger partial charge in [-0.1, -0.05) is 18.2 Å². The molecule has 102 valence electrons. The van der Waals surface area contributed by atoms with Crippen molar-refractivity contribution < 1.29 is 5.11 Å². The summed E-state index contributed by atoms with van der Waals surface area (Å²) in [6, 6.07) is 8.19. The van der Waals surface area contributed by atoms with Crippen molar-refractivity contribution in [3.05, 3.63) is 47.8 Å². The van der Waals surface area contributed by atoms with Gasteiger partial charge in [0.2, 0.25) is 0 Å². The lowest BCUT2D eigenvalue weighted by Crippen LogP contribution is -2.04. The molecule has 4 heteroatoms. The number of nitrogens with one attached hydrogen (secondary N) is 1. The Labute approximate surface area is 114 Å². The first-order valence-electron chi connectivity index (χ1n) is 6.62. The van der Waals surface area contributed by atoms with Crippen molar-refractivity contribution in [2.24, 2.45) is 0 Å². The number of aliphatic hydroxyl groups is 1. The molecule has 0 radical (unpaired) electrons. The Bertz CT molecular complexity index is 532. The van der Waals surface area contributed by atoms with E-state index in [0.29, 0.717) is 12.6 Å². The quantitative estimate of drug-likeness (QED) is 0.867. The second-order valence-electron chi connectivity index (χ2n) is 5.04. The molecule has 1 heterocycles. The third-order valence-electron chi connectivity index (χ3n) is 3.08. The summed E-state index contributed by atoms with van der Waals surface area (Å²) in [6.07, 6.45) is 3.45. The molecular weight excluding hydrogens is 238 g/mol. The average molecular weight is 259 g/mol. The van der Waals surface area contributed by atoms with Crippen LogP contribution in [0.5, 0.6) is 0 Å². The van der Waals surface area contributed by atoms with E-state index in [1.165, 1.54) is 0 Å². The minimum Gasteiger partial charge on any atom is -0.389 e. The molecule has 0 aliphatic heterocycles. The summed E-state index contributed by atoms with van der Waals surface area (Å²) in [5.74, 6) is 0. The molecule has 19 heavy (non-hydrogen) atoms. The first-order chi connectivity index (χ1) is 9.08. The molecule has 1 aromatic heterocycles. The normalized spacial score (nSPS) is 12.7. The van der Waals surface area contributed by atoms with Gasteiger partial charge in [0.1, 0.15) is 0 Å². The van der Waals surface area contributed by atoms with Crippen LogP contribution in [0.3, 0.4) is 0 Å². The summed E-state index contributed by atoms with van der Waals surface area (Å²) in [6.45, 7) is 6.69. The van der Waals surface area contributed by atoms with E-state index in [9.17, 15) is 5.11 Å². The average Bonchev–Trinajstić information content (AvgIpc) is 2.85. The lowest BCUT2D eigenvalue weighted by molar-refractivity contribution is 0.200.